The van der Waals surface area contributed by atoms with Gasteiger partial charge in [0.25, 0.3) is 5.24 Å². The molecule has 0 aromatic heterocycles. The lowest BCUT2D eigenvalue weighted by atomic mass is 9.91. The van der Waals surface area contributed by atoms with Crippen LogP contribution < -0.4 is 5.73 Å². The molecule has 1 saturated heterocycles. The van der Waals surface area contributed by atoms with Crippen molar-refractivity contribution in [2.24, 2.45) is 11.7 Å². The summed E-state index contributed by atoms with van der Waals surface area (Å²) < 4.78 is 5.56. The maximum absolute atomic E-state index is 10.9. The topological polar surface area (TPSA) is 113 Å². The summed E-state index contributed by atoms with van der Waals surface area (Å²) in [4.78, 5) is 10.9. The lowest BCUT2D eigenvalue weighted by Crippen LogP contribution is -2.57. The van der Waals surface area contributed by atoms with Gasteiger partial charge in [-0.15, -0.1) is 0 Å². The molecule has 0 bridgehead atoms. The van der Waals surface area contributed by atoms with E-state index in [1.54, 1.807) is 0 Å². The minimum Gasteiger partial charge on any atom is -0.388 e. The van der Waals surface area contributed by atoms with Crippen LogP contribution in [0.3, 0.4) is 0 Å². The Morgan fingerprint density at radius 1 is 1.16 bits per heavy atom. The first-order valence-electron chi connectivity index (χ1n) is 6.64. The number of carbonyl (C=O) groups excluding carboxylic acids is 1. The van der Waals surface area contributed by atoms with Gasteiger partial charge in [0.2, 0.25) is 0 Å². The molecule has 5 N–H and O–H groups in total. The molecule has 2 fully saturated rings. The molecule has 2 aliphatic rings. The molecule has 6 nitrogen and oxygen atoms in total. The molecule has 0 radical (unpaired) electrons. The van der Waals surface area contributed by atoms with Crippen LogP contribution >= 0.6 is 11.8 Å². The summed E-state index contributed by atoms with van der Waals surface area (Å²) >= 11 is 0.646. The van der Waals surface area contributed by atoms with Crippen LogP contribution in [0.15, 0.2) is 0 Å². The van der Waals surface area contributed by atoms with Gasteiger partial charge in [-0.25, -0.2) is 0 Å². The molecule has 110 valence electrons. The molecular formula is C12H21NO5S. The third-order valence-corrected chi connectivity index (χ3v) is 4.80. The smallest absolute Gasteiger partial charge is 0.279 e. The first-order valence-corrected chi connectivity index (χ1v) is 7.52. The third-order valence-electron chi connectivity index (χ3n) is 3.94. The molecule has 1 amide bonds. The van der Waals surface area contributed by atoms with Crippen LogP contribution in [-0.4, -0.2) is 50.4 Å². The summed E-state index contributed by atoms with van der Waals surface area (Å²) in [6, 6.07) is 0. The standard InChI is InChI=1S/C12H21NO5S/c13-12(17)19-11-10(16)9(15)8(14)7(18-11)5-6-3-1-2-4-6/h6-11,14-16H,1-5H2,(H2,13,17). The zero-order valence-corrected chi connectivity index (χ0v) is 11.5. The van der Waals surface area contributed by atoms with Crippen LogP contribution in [0.4, 0.5) is 4.79 Å². The van der Waals surface area contributed by atoms with Gasteiger partial charge < -0.3 is 25.8 Å². The van der Waals surface area contributed by atoms with Crippen LogP contribution in [0.5, 0.6) is 0 Å². The molecule has 0 aromatic carbocycles. The molecule has 0 spiro atoms. The number of hydrogen-bond acceptors (Lipinski definition) is 6. The number of amides is 1. The van der Waals surface area contributed by atoms with Gasteiger partial charge in [-0.3, -0.25) is 4.79 Å². The van der Waals surface area contributed by atoms with Crippen LogP contribution in [-0.2, 0) is 4.74 Å². The second-order valence-corrected chi connectivity index (χ2v) is 6.44. The first-order chi connectivity index (χ1) is 8.99. The summed E-state index contributed by atoms with van der Waals surface area (Å²) in [6.45, 7) is 0. The van der Waals surface area contributed by atoms with Crippen molar-refractivity contribution in [3.63, 3.8) is 0 Å². The molecule has 1 aliphatic heterocycles. The lowest BCUT2D eigenvalue weighted by Gasteiger charge is -2.40. The molecule has 5 atom stereocenters. The number of aliphatic hydroxyl groups is 3. The van der Waals surface area contributed by atoms with Gasteiger partial charge in [-0.2, -0.15) is 0 Å². The molecule has 7 heteroatoms. The Labute approximate surface area is 116 Å². The molecule has 5 unspecified atom stereocenters. The zero-order valence-electron chi connectivity index (χ0n) is 10.6. The Morgan fingerprint density at radius 2 is 1.79 bits per heavy atom. The molecule has 0 aromatic rings. The van der Waals surface area contributed by atoms with Gasteiger partial charge in [0, 0.05) is 0 Å². The highest BCUT2D eigenvalue weighted by molar-refractivity contribution is 8.13. The van der Waals surface area contributed by atoms with Crippen LogP contribution in [0, 0.1) is 5.92 Å². The number of ether oxygens (including phenoxy) is 1. The molecule has 19 heavy (non-hydrogen) atoms. The Hall–Kier alpha value is -0.340. The second kappa shape index (κ2) is 6.41. The molecule has 1 heterocycles. The normalized spacial score (nSPS) is 40.5. The Balaban J connectivity index is 1.98. The summed E-state index contributed by atoms with van der Waals surface area (Å²) in [7, 11) is 0. The lowest BCUT2D eigenvalue weighted by molar-refractivity contribution is -0.201. The summed E-state index contributed by atoms with van der Waals surface area (Å²) in [6.07, 6.45) is 0.886. The minimum atomic E-state index is -1.31. The summed E-state index contributed by atoms with van der Waals surface area (Å²) in [5, 5.41) is 28.9. The van der Waals surface area contributed by atoms with Crippen molar-refractivity contribution in [2.75, 3.05) is 0 Å². The fraction of sp³-hybridized carbons (Fsp3) is 0.917. The maximum Gasteiger partial charge on any atom is 0.279 e. The highest BCUT2D eigenvalue weighted by atomic mass is 32.2. The van der Waals surface area contributed by atoms with Gasteiger partial charge >= 0.3 is 0 Å². The highest BCUT2D eigenvalue weighted by Gasteiger charge is 2.45. The van der Waals surface area contributed by atoms with E-state index in [0.717, 1.165) is 12.8 Å². The Bertz CT molecular complexity index is 323. The zero-order chi connectivity index (χ0) is 14.0. The van der Waals surface area contributed by atoms with Crippen LogP contribution in [0.2, 0.25) is 0 Å². The summed E-state index contributed by atoms with van der Waals surface area (Å²) in [5.74, 6) is 0.473. The van der Waals surface area contributed by atoms with Gasteiger partial charge in [0.05, 0.1) is 6.10 Å². The van der Waals surface area contributed by atoms with E-state index in [-0.39, 0.29) is 0 Å². The van der Waals surface area contributed by atoms with Crippen molar-refractivity contribution in [1.82, 2.24) is 0 Å². The van der Waals surface area contributed by atoms with Crippen molar-refractivity contribution in [2.45, 2.75) is 62.0 Å². The van der Waals surface area contributed by atoms with Gasteiger partial charge in [-0.05, 0) is 24.1 Å². The van der Waals surface area contributed by atoms with E-state index < -0.39 is 35.1 Å². The van der Waals surface area contributed by atoms with E-state index in [1.807, 2.05) is 0 Å². The number of nitrogens with two attached hydrogens (primary N) is 1. The third kappa shape index (κ3) is 3.61. The molecule has 1 saturated carbocycles. The van der Waals surface area contributed by atoms with Gasteiger partial charge in [0.15, 0.2) is 0 Å². The van der Waals surface area contributed by atoms with E-state index in [4.69, 9.17) is 10.5 Å². The largest absolute Gasteiger partial charge is 0.388 e. The number of primary amides is 1. The van der Waals surface area contributed by atoms with Crippen molar-refractivity contribution in [3.05, 3.63) is 0 Å². The van der Waals surface area contributed by atoms with Gasteiger partial charge in [-0.1, -0.05) is 25.7 Å². The average Bonchev–Trinajstić information content (AvgIpc) is 2.85. The number of carbonyl (C=O) groups is 1. The molecular weight excluding hydrogens is 270 g/mol. The molecule has 2 rings (SSSR count). The number of hydrogen-bond donors (Lipinski definition) is 4. The van der Waals surface area contributed by atoms with E-state index in [1.165, 1.54) is 12.8 Å². The van der Waals surface area contributed by atoms with Crippen molar-refractivity contribution in [1.29, 1.82) is 0 Å². The van der Waals surface area contributed by atoms with Crippen molar-refractivity contribution >= 4 is 17.0 Å². The average molecular weight is 291 g/mol. The number of thioether (sulfide) groups is 1. The Morgan fingerprint density at radius 3 is 2.37 bits per heavy atom. The predicted octanol–water partition coefficient (Wildman–Crippen LogP) is 0.186. The van der Waals surface area contributed by atoms with E-state index in [2.05, 4.69) is 0 Å². The molecule has 1 aliphatic carbocycles. The van der Waals surface area contributed by atoms with Crippen molar-refractivity contribution < 1.29 is 24.9 Å². The van der Waals surface area contributed by atoms with Crippen LogP contribution in [0.25, 0.3) is 0 Å². The SMILES string of the molecule is NC(=O)SC1OC(CC2CCCC2)C(O)C(O)C1O. The predicted molar refractivity (Wildman–Crippen MR) is 70.4 cm³/mol. The quantitative estimate of drug-likeness (QED) is 0.590. The maximum atomic E-state index is 10.9. The van der Waals surface area contributed by atoms with Gasteiger partial charge in [0.1, 0.15) is 23.7 Å². The summed E-state index contributed by atoms with van der Waals surface area (Å²) in [5.41, 5.74) is 4.15. The van der Waals surface area contributed by atoms with E-state index >= 15 is 0 Å². The minimum absolute atomic E-state index is 0.473. The van der Waals surface area contributed by atoms with E-state index in [9.17, 15) is 20.1 Å². The fourth-order valence-electron chi connectivity index (χ4n) is 2.90. The Kier molecular flexibility index (Phi) is 5.08. The highest BCUT2D eigenvalue weighted by Crippen LogP contribution is 2.35. The second-order valence-electron chi connectivity index (χ2n) is 5.34. The van der Waals surface area contributed by atoms with Crippen LogP contribution in [0.1, 0.15) is 32.1 Å². The van der Waals surface area contributed by atoms with Crippen molar-refractivity contribution in [3.8, 4) is 0 Å². The number of aliphatic hydroxyl groups excluding tert-OH is 3. The first kappa shape index (κ1) is 15.1. The monoisotopic (exact) mass is 291 g/mol. The van der Waals surface area contributed by atoms with E-state index in [0.29, 0.717) is 24.1 Å². The number of rotatable bonds is 3. The fourth-order valence-corrected chi connectivity index (χ4v) is 3.63.